The Kier molecular flexibility index (Phi) is 5.06. The maximum absolute atomic E-state index is 12.8. The third-order valence-corrected chi connectivity index (χ3v) is 4.94. The van der Waals surface area contributed by atoms with Crippen LogP contribution in [-0.2, 0) is 4.79 Å². The highest BCUT2D eigenvalue weighted by Gasteiger charge is 2.36. The van der Waals surface area contributed by atoms with Crippen LogP contribution in [0.1, 0.15) is 31.8 Å². The predicted octanol–water partition coefficient (Wildman–Crippen LogP) is 4.12. The number of carbonyl (C=O) groups is 3. The molecule has 6 nitrogen and oxygen atoms in total. The van der Waals surface area contributed by atoms with Gasteiger partial charge in [-0.3, -0.25) is 14.4 Å². The summed E-state index contributed by atoms with van der Waals surface area (Å²) < 4.78 is 5.67. The van der Waals surface area contributed by atoms with Gasteiger partial charge < -0.3 is 10.1 Å². The van der Waals surface area contributed by atoms with Crippen molar-refractivity contribution in [1.82, 2.24) is 0 Å². The first-order valence-corrected chi connectivity index (χ1v) is 9.52. The minimum absolute atomic E-state index is 0.161. The van der Waals surface area contributed by atoms with Crippen LogP contribution in [0.5, 0.6) is 5.75 Å². The van der Waals surface area contributed by atoms with E-state index in [4.69, 9.17) is 4.74 Å². The first-order valence-electron chi connectivity index (χ1n) is 9.52. The number of anilines is 2. The third kappa shape index (κ3) is 3.55. The van der Waals surface area contributed by atoms with Gasteiger partial charge in [-0.25, -0.2) is 4.90 Å². The molecule has 3 amide bonds. The molecule has 1 N–H and O–H groups in total. The lowest BCUT2D eigenvalue weighted by Gasteiger charge is -2.13. The maximum atomic E-state index is 12.8. The molecule has 1 heterocycles. The number of hydrogen-bond acceptors (Lipinski definition) is 4. The molecule has 1 aliphatic rings. The summed E-state index contributed by atoms with van der Waals surface area (Å²) in [5.41, 5.74) is 3.41. The van der Waals surface area contributed by atoms with Gasteiger partial charge in [-0.15, -0.1) is 0 Å². The Labute approximate surface area is 174 Å². The van der Waals surface area contributed by atoms with Crippen molar-refractivity contribution in [1.29, 1.82) is 0 Å². The second kappa shape index (κ2) is 7.83. The Hall–Kier alpha value is -3.93. The number of rotatable bonds is 5. The van der Waals surface area contributed by atoms with E-state index in [2.05, 4.69) is 5.32 Å². The summed E-state index contributed by atoms with van der Waals surface area (Å²) >= 11 is 0. The molecule has 0 radical (unpaired) electrons. The number of benzene rings is 3. The lowest BCUT2D eigenvalue weighted by Crippen LogP contribution is -2.29. The molecule has 6 heteroatoms. The number of hydrogen-bond donors (Lipinski definition) is 1. The minimum atomic E-state index is -0.413. The van der Waals surface area contributed by atoms with Crippen LogP contribution in [0.3, 0.4) is 0 Å². The number of para-hydroxylation sites is 2. The third-order valence-electron chi connectivity index (χ3n) is 4.94. The van der Waals surface area contributed by atoms with E-state index in [-0.39, 0.29) is 24.0 Å². The molecule has 3 aromatic carbocycles. The lowest BCUT2D eigenvalue weighted by atomic mass is 10.1. The van der Waals surface area contributed by atoms with Gasteiger partial charge in [0, 0.05) is 5.69 Å². The Morgan fingerprint density at radius 2 is 1.53 bits per heavy atom. The molecule has 0 fully saturated rings. The van der Waals surface area contributed by atoms with Crippen LogP contribution >= 0.6 is 0 Å². The van der Waals surface area contributed by atoms with Gasteiger partial charge in [0.05, 0.1) is 16.8 Å². The van der Waals surface area contributed by atoms with E-state index in [0.29, 0.717) is 22.7 Å². The Morgan fingerprint density at radius 1 is 0.867 bits per heavy atom. The number of ether oxygens (including phenoxy) is 1. The molecule has 0 saturated heterocycles. The number of amides is 3. The smallest absolute Gasteiger partial charge is 0.266 e. The van der Waals surface area contributed by atoms with E-state index < -0.39 is 5.91 Å². The molecule has 0 bridgehead atoms. The van der Waals surface area contributed by atoms with Crippen LogP contribution in [-0.4, -0.2) is 24.3 Å². The molecule has 4 rings (SSSR count). The first-order chi connectivity index (χ1) is 14.5. The summed E-state index contributed by atoms with van der Waals surface area (Å²) in [6, 6.07) is 19.2. The van der Waals surface area contributed by atoms with Crippen LogP contribution in [0.25, 0.3) is 0 Å². The van der Waals surface area contributed by atoms with Crippen molar-refractivity contribution in [3.63, 3.8) is 0 Å². The highest BCUT2D eigenvalue weighted by atomic mass is 16.5. The van der Waals surface area contributed by atoms with Crippen molar-refractivity contribution in [2.24, 2.45) is 0 Å². The van der Waals surface area contributed by atoms with Crippen LogP contribution in [0, 0.1) is 13.8 Å². The zero-order valence-corrected chi connectivity index (χ0v) is 16.6. The van der Waals surface area contributed by atoms with E-state index in [1.807, 2.05) is 38.1 Å². The Morgan fingerprint density at radius 3 is 2.23 bits per heavy atom. The number of carbonyl (C=O) groups excluding carboxylic acids is 3. The van der Waals surface area contributed by atoms with Crippen LogP contribution < -0.4 is 15.0 Å². The molecule has 0 unspecified atom stereocenters. The maximum Gasteiger partial charge on any atom is 0.266 e. The average Bonchev–Trinajstić information content (AvgIpc) is 2.98. The van der Waals surface area contributed by atoms with Gasteiger partial charge in [0.1, 0.15) is 5.75 Å². The molecule has 0 atom stereocenters. The standard InChI is InChI=1S/C24H20N2O4/c1-15-7-6-8-16(2)22(15)30-14-21(27)25-17-11-12-19-20(13-17)24(29)26(23(19)28)18-9-4-3-5-10-18/h3-13H,14H2,1-2H3,(H,25,27). The normalized spacial score (nSPS) is 12.7. The number of aryl methyl sites for hydroxylation is 2. The number of nitrogens with zero attached hydrogens (tertiary/aromatic N) is 1. The summed E-state index contributed by atoms with van der Waals surface area (Å²) in [4.78, 5) is 38.9. The summed E-state index contributed by atoms with van der Waals surface area (Å²) in [6.07, 6.45) is 0. The fourth-order valence-corrected chi connectivity index (χ4v) is 3.49. The predicted molar refractivity (Wildman–Crippen MR) is 114 cm³/mol. The van der Waals surface area contributed by atoms with E-state index in [9.17, 15) is 14.4 Å². The Bertz CT molecular complexity index is 1130. The van der Waals surface area contributed by atoms with Gasteiger partial charge in [-0.05, 0) is 55.3 Å². The summed E-state index contributed by atoms with van der Waals surface area (Å²) in [7, 11) is 0. The average molecular weight is 400 g/mol. The zero-order valence-electron chi connectivity index (χ0n) is 16.6. The van der Waals surface area contributed by atoms with E-state index >= 15 is 0 Å². The molecular weight excluding hydrogens is 380 g/mol. The van der Waals surface area contributed by atoms with Crippen molar-refractivity contribution in [3.8, 4) is 5.75 Å². The molecule has 0 saturated carbocycles. The lowest BCUT2D eigenvalue weighted by molar-refractivity contribution is -0.118. The highest BCUT2D eigenvalue weighted by molar-refractivity contribution is 6.34. The highest BCUT2D eigenvalue weighted by Crippen LogP contribution is 2.30. The van der Waals surface area contributed by atoms with Gasteiger partial charge in [0.15, 0.2) is 6.61 Å². The van der Waals surface area contributed by atoms with Gasteiger partial charge in [0.2, 0.25) is 0 Å². The van der Waals surface area contributed by atoms with Crippen molar-refractivity contribution in [3.05, 3.63) is 89.0 Å². The number of fused-ring (bicyclic) bond motifs is 1. The monoisotopic (exact) mass is 400 g/mol. The van der Waals surface area contributed by atoms with Gasteiger partial charge in [0.25, 0.3) is 17.7 Å². The molecule has 0 aromatic heterocycles. The summed E-state index contributed by atoms with van der Waals surface area (Å²) in [6.45, 7) is 3.68. The van der Waals surface area contributed by atoms with Crippen molar-refractivity contribution in [2.45, 2.75) is 13.8 Å². The van der Waals surface area contributed by atoms with Crippen molar-refractivity contribution < 1.29 is 19.1 Å². The second-order valence-corrected chi connectivity index (χ2v) is 7.10. The molecule has 3 aromatic rings. The van der Waals surface area contributed by atoms with Crippen molar-refractivity contribution >= 4 is 29.1 Å². The largest absolute Gasteiger partial charge is 0.483 e. The van der Waals surface area contributed by atoms with Crippen LogP contribution in [0.15, 0.2) is 66.7 Å². The Balaban J connectivity index is 1.48. The zero-order chi connectivity index (χ0) is 21.3. The van der Waals surface area contributed by atoms with E-state index in [1.54, 1.807) is 36.4 Å². The molecule has 1 aliphatic heterocycles. The van der Waals surface area contributed by atoms with Crippen LogP contribution in [0.2, 0.25) is 0 Å². The minimum Gasteiger partial charge on any atom is -0.483 e. The van der Waals surface area contributed by atoms with Gasteiger partial charge in [-0.1, -0.05) is 36.4 Å². The number of imide groups is 1. The van der Waals surface area contributed by atoms with Crippen molar-refractivity contribution in [2.75, 3.05) is 16.8 Å². The fourth-order valence-electron chi connectivity index (χ4n) is 3.49. The van der Waals surface area contributed by atoms with E-state index in [0.717, 1.165) is 16.0 Å². The molecular formula is C24H20N2O4. The molecule has 30 heavy (non-hydrogen) atoms. The quantitative estimate of drug-likeness (QED) is 0.654. The topological polar surface area (TPSA) is 75.7 Å². The first kappa shape index (κ1) is 19.4. The summed E-state index contributed by atoms with van der Waals surface area (Å²) in [5.74, 6) is -0.461. The van der Waals surface area contributed by atoms with Gasteiger partial charge >= 0.3 is 0 Å². The molecule has 0 aliphatic carbocycles. The van der Waals surface area contributed by atoms with E-state index in [1.165, 1.54) is 6.07 Å². The number of nitrogens with one attached hydrogen (secondary N) is 1. The second-order valence-electron chi connectivity index (χ2n) is 7.10. The SMILES string of the molecule is Cc1cccc(C)c1OCC(=O)Nc1ccc2c(c1)C(=O)N(c1ccccc1)C2=O. The van der Waals surface area contributed by atoms with Crippen LogP contribution in [0.4, 0.5) is 11.4 Å². The van der Waals surface area contributed by atoms with Gasteiger partial charge in [-0.2, -0.15) is 0 Å². The summed E-state index contributed by atoms with van der Waals surface area (Å²) in [5, 5.41) is 2.72. The molecule has 150 valence electrons. The molecule has 0 spiro atoms. The fraction of sp³-hybridized carbons (Fsp3) is 0.125.